The van der Waals surface area contributed by atoms with Gasteiger partial charge < -0.3 is 19.3 Å². The summed E-state index contributed by atoms with van der Waals surface area (Å²) in [4.78, 5) is 11.0. The number of hydrogen-bond donors (Lipinski definition) is 1. The molecule has 0 aliphatic heterocycles. The number of carbonyl (C=O) groups is 1. The van der Waals surface area contributed by atoms with Gasteiger partial charge in [-0.15, -0.1) is 0 Å². The summed E-state index contributed by atoms with van der Waals surface area (Å²) in [5.41, 5.74) is 0.813. The molecule has 18 heavy (non-hydrogen) atoms. The maximum Gasteiger partial charge on any atom is 0.307 e. The molecule has 5 heteroatoms. The van der Waals surface area contributed by atoms with Crippen molar-refractivity contribution in [1.29, 1.82) is 0 Å². The van der Waals surface area contributed by atoms with E-state index in [1.54, 1.807) is 33.5 Å². The lowest BCUT2D eigenvalue weighted by Crippen LogP contribution is -2.02. The zero-order chi connectivity index (χ0) is 13.3. The molecule has 0 bridgehead atoms. The van der Waals surface area contributed by atoms with Crippen LogP contribution < -0.4 is 14.2 Å². The number of rotatable bonds is 5. The highest BCUT2D eigenvalue weighted by atomic mass is 16.5. The van der Waals surface area contributed by atoms with Crippen LogP contribution in [0, 0.1) is 5.92 Å². The average Bonchev–Trinajstić information content (AvgIpc) is 3.17. The zero-order valence-electron chi connectivity index (χ0n) is 10.6. The molecule has 2 unspecified atom stereocenters. The second-order valence-corrected chi connectivity index (χ2v) is 4.23. The number of methoxy groups -OCH3 is 3. The Morgan fingerprint density at radius 2 is 1.72 bits per heavy atom. The lowest BCUT2D eigenvalue weighted by molar-refractivity contribution is -0.138. The lowest BCUT2D eigenvalue weighted by atomic mass is 10.1. The Morgan fingerprint density at radius 3 is 2.06 bits per heavy atom. The highest BCUT2D eigenvalue weighted by molar-refractivity contribution is 5.76. The van der Waals surface area contributed by atoms with Crippen molar-refractivity contribution in [3.63, 3.8) is 0 Å². The van der Waals surface area contributed by atoms with Crippen LogP contribution >= 0.6 is 0 Å². The summed E-state index contributed by atoms with van der Waals surface area (Å²) in [5, 5.41) is 9.01. The fraction of sp³-hybridized carbons (Fsp3) is 0.462. The molecule has 1 saturated carbocycles. The molecule has 1 N–H and O–H groups in total. The van der Waals surface area contributed by atoms with Gasteiger partial charge in [0.1, 0.15) is 17.2 Å². The van der Waals surface area contributed by atoms with Crippen molar-refractivity contribution in [1.82, 2.24) is 0 Å². The van der Waals surface area contributed by atoms with Crippen LogP contribution in [0.2, 0.25) is 0 Å². The van der Waals surface area contributed by atoms with Gasteiger partial charge in [0.05, 0.1) is 27.2 Å². The van der Waals surface area contributed by atoms with E-state index in [2.05, 4.69) is 0 Å². The Hall–Kier alpha value is -1.91. The molecule has 0 spiro atoms. The first-order valence-corrected chi connectivity index (χ1v) is 5.65. The Morgan fingerprint density at radius 1 is 1.17 bits per heavy atom. The third-order valence-electron chi connectivity index (χ3n) is 3.23. The summed E-state index contributed by atoms with van der Waals surface area (Å²) >= 11 is 0. The first kappa shape index (κ1) is 12.5. The maximum absolute atomic E-state index is 11.0. The molecular weight excluding hydrogens is 236 g/mol. The molecule has 0 heterocycles. The standard InChI is InChI=1S/C13H16O5/c1-16-7-4-10(17-2)12(11(5-7)18-3)8-6-9(8)13(14)15/h4-5,8-9H,6H2,1-3H3,(H,14,15). The van der Waals surface area contributed by atoms with Crippen molar-refractivity contribution >= 4 is 5.97 Å². The molecule has 2 atom stereocenters. The number of carboxylic acid groups (broad SMARTS) is 1. The summed E-state index contributed by atoms with van der Waals surface area (Å²) in [7, 11) is 4.66. The van der Waals surface area contributed by atoms with Crippen LogP contribution in [0.25, 0.3) is 0 Å². The van der Waals surface area contributed by atoms with E-state index in [-0.39, 0.29) is 11.8 Å². The van der Waals surface area contributed by atoms with E-state index in [4.69, 9.17) is 19.3 Å². The number of hydrogen-bond acceptors (Lipinski definition) is 4. The van der Waals surface area contributed by atoms with Gasteiger partial charge in [-0.05, 0) is 6.42 Å². The van der Waals surface area contributed by atoms with Crippen LogP contribution in [-0.2, 0) is 4.79 Å². The smallest absolute Gasteiger partial charge is 0.307 e. The summed E-state index contributed by atoms with van der Waals surface area (Å²) in [6.07, 6.45) is 0.619. The first-order valence-electron chi connectivity index (χ1n) is 5.65. The minimum Gasteiger partial charge on any atom is -0.496 e. The van der Waals surface area contributed by atoms with Gasteiger partial charge >= 0.3 is 5.97 Å². The SMILES string of the molecule is COc1cc(OC)c(C2CC2C(=O)O)c(OC)c1. The molecule has 1 aromatic rings. The van der Waals surface area contributed by atoms with E-state index in [1.165, 1.54) is 0 Å². The number of carboxylic acids is 1. The van der Waals surface area contributed by atoms with Crippen molar-refractivity contribution in [2.24, 2.45) is 5.92 Å². The molecule has 0 radical (unpaired) electrons. The predicted molar refractivity (Wildman–Crippen MR) is 64.6 cm³/mol. The molecule has 2 rings (SSSR count). The van der Waals surface area contributed by atoms with Gasteiger partial charge in [-0.1, -0.05) is 0 Å². The second kappa shape index (κ2) is 4.76. The van der Waals surface area contributed by atoms with Gasteiger partial charge in [0.15, 0.2) is 0 Å². The van der Waals surface area contributed by atoms with Gasteiger partial charge in [0, 0.05) is 23.6 Å². The normalized spacial score (nSPS) is 21.3. The Labute approximate surface area is 105 Å². The van der Waals surface area contributed by atoms with Crippen LogP contribution in [0.3, 0.4) is 0 Å². The van der Waals surface area contributed by atoms with Crippen LogP contribution in [0.5, 0.6) is 17.2 Å². The second-order valence-electron chi connectivity index (χ2n) is 4.23. The van der Waals surface area contributed by atoms with E-state index in [1.807, 2.05) is 0 Å². The molecule has 1 fully saturated rings. The highest BCUT2D eigenvalue weighted by Gasteiger charge is 2.47. The average molecular weight is 252 g/mol. The maximum atomic E-state index is 11.0. The van der Waals surface area contributed by atoms with Gasteiger partial charge in [-0.2, -0.15) is 0 Å². The summed E-state index contributed by atoms with van der Waals surface area (Å²) in [5.74, 6) is 0.680. The van der Waals surface area contributed by atoms with E-state index >= 15 is 0 Å². The van der Waals surface area contributed by atoms with Crippen LogP contribution in [0.4, 0.5) is 0 Å². The zero-order valence-corrected chi connectivity index (χ0v) is 10.6. The van der Waals surface area contributed by atoms with Crippen LogP contribution in [-0.4, -0.2) is 32.4 Å². The third-order valence-corrected chi connectivity index (χ3v) is 3.23. The minimum absolute atomic E-state index is 0.0432. The third kappa shape index (κ3) is 2.08. The number of aliphatic carboxylic acids is 1. The van der Waals surface area contributed by atoms with Gasteiger partial charge in [0.25, 0.3) is 0 Å². The van der Waals surface area contributed by atoms with Crippen molar-refractivity contribution < 1.29 is 24.1 Å². The fourth-order valence-corrected chi connectivity index (χ4v) is 2.19. The molecule has 0 aromatic heterocycles. The summed E-state index contributed by atoms with van der Waals surface area (Å²) < 4.78 is 15.8. The molecule has 0 saturated heterocycles. The van der Waals surface area contributed by atoms with Crippen molar-refractivity contribution in [3.8, 4) is 17.2 Å². The Balaban J connectivity index is 2.42. The Kier molecular flexibility index (Phi) is 3.32. The fourth-order valence-electron chi connectivity index (χ4n) is 2.19. The van der Waals surface area contributed by atoms with E-state index in [0.717, 1.165) is 5.56 Å². The summed E-state index contributed by atoms with van der Waals surface area (Å²) in [6, 6.07) is 3.49. The molecular formula is C13H16O5. The monoisotopic (exact) mass is 252 g/mol. The van der Waals surface area contributed by atoms with Gasteiger partial charge in [-0.25, -0.2) is 0 Å². The van der Waals surface area contributed by atoms with Crippen LogP contribution in [0.15, 0.2) is 12.1 Å². The van der Waals surface area contributed by atoms with Crippen molar-refractivity contribution in [3.05, 3.63) is 17.7 Å². The minimum atomic E-state index is -0.778. The Bertz CT molecular complexity index is 443. The molecule has 1 aliphatic carbocycles. The van der Waals surface area contributed by atoms with Crippen LogP contribution in [0.1, 0.15) is 17.9 Å². The topological polar surface area (TPSA) is 65.0 Å². The molecule has 1 aliphatic rings. The van der Waals surface area contributed by atoms with Gasteiger partial charge in [-0.3, -0.25) is 4.79 Å². The van der Waals surface area contributed by atoms with E-state index < -0.39 is 5.97 Å². The molecule has 0 amide bonds. The largest absolute Gasteiger partial charge is 0.496 e. The molecule has 98 valence electrons. The van der Waals surface area contributed by atoms with Crippen molar-refractivity contribution in [2.45, 2.75) is 12.3 Å². The highest BCUT2D eigenvalue weighted by Crippen LogP contribution is 2.54. The number of benzene rings is 1. The summed E-state index contributed by atoms with van der Waals surface area (Å²) in [6.45, 7) is 0. The van der Waals surface area contributed by atoms with Crippen molar-refractivity contribution in [2.75, 3.05) is 21.3 Å². The first-order chi connectivity index (χ1) is 8.62. The number of ether oxygens (including phenoxy) is 3. The van der Waals surface area contributed by atoms with E-state index in [0.29, 0.717) is 23.7 Å². The quantitative estimate of drug-likeness (QED) is 0.867. The van der Waals surface area contributed by atoms with E-state index in [9.17, 15) is 4.79 Å². The van der Waals surface area contributed by atoms with Gasteiger partial charge in [0.2, 0.25) is 0 Å². The lowest BCUT2D eigenvalue weighted by Gasteiger charge is -2.14. The molecule has 1 aromatic carbocycles. The predicted octanol–water partition coefficient (Wildman–Crippen LogP) is 1.90. The molecule has 5 nitrogen and oxygen atoms in total.